The van der Waals surface area contributed by atoms with Gasteiger partial charge in [0.05, 0.1) is 12.8 Å². The number of aryl methyl sites for hydroxylation is 1. The smallest absolute Gasteiger partial charge is 0.271 e. The topological polar surface area (TPSA) is 70.9 Å². The molecule has 0 saturated heterocycles. The third-order valence-corrected chi connectivity index (χ3v) is 3.01. The van der Waals surface area contributed by atoms with Crippen LogP contribution in [0.4, 0.5) is 0 Å². The highest BCUT2D eigenvalue weighted by molar-refractivity contribution is 5.95. The Balaban J connectivity index is 2.05. The minimum Gasteiger partial charge on any atom is -0.504 e. The summed E-state index contributed by atoms with van der Waals surface area (Å²) in [5.41, 5.74) is 4.50. The summed E-state index contributed by atoms with van der Waals surface area (Å²) < 4.78 is 5.29. The van der Waals surface area contributed by atoms with Gasteiger partial charge < -0.3 is 9.84 Å². The molecule has 0 aliphatic carbocycles. The fourth-order valence-electron chi connectivity index (χ4n) is 1.85. The van der Waals surface area contributed by atoms with Gasteiger partial charge in [0, 0.05) is 11.1 Å². The number of carbonyl (C=O) groups is 1. The first kappa shape index (κ1) is 15.6. The number of phenols is 1. The number of aromatic hydroxyl groups is 1. The largest absolute Gasteiger partial charge is 0.504 e. The molecule has 2 aromatic rings. The molecule has 0 radical (unpaired) electrons. The molecule has 0 heterocycles. The number of para-hydroxylation sites is 1. The lowest BCUT2D eigenvalue weighted by atomic mass is 10.1. The number of hydrazone groups is 1. The van der Waals surface area contributed by atoms with E-state index in [9.17, 15) is 9.90 Å². The molecule has 22 heavy (non-hydrogen) atoms. The summed E-state index contributed by atoms with van der Waals surface area (Å²) >= 11 is 0. The number of amides is 1. The number of nitrogens with zero attached hydrogens (tertiary/aromatic N) is 1. The zero-order valence-corrected chi connectivity index (χ0v) is 12.5. The van der Waals surface area contributed by atoms with Gasteiger partial charge in [-0.1, -0.05) is 23.8 Å². The molecule has 0 saturated carbocycles. The molecular formula is C17H18N2O3. The van der Waals surface area contributed by atoms with E-state index in [0.717, 1.165) is 5.56 Å². The van der Waals surface area contributed by atoms with E-state index in [1.807, 2.05) is 26.0 Å². The van der Waals surface area contributed by atoms with Gasteiger partial charge in [-0.15, -0.1) is 0 Å². The van der Waals surface area contributed by atoms with E-state index in [2.05, 4.69) is 10.5 Å². The highest BCUT2D eigenvalue weighted by atomic mass is 16.5. The van der Waals surface area contributed by atoms with E-state index in [1.54, 1.807) is 30.3 Å². The van der Waals surface area contributed by atoms with Crippen molar-refractivity contribution in [2.75, 3.05) is 6.61 Å². The van der Waals surface area contributed by atoms with Crippen LogP contribution in [-0.4, -0.2) is 23.8 Å². The Labute approximate surface area is 129 Å². The molecule has 0 aliphatic heterocycles. The van der Waals surface area contributed by atoms with Crippen molar-refractivity contribution in [3.05, 3.63) is 59.2 Å². The van der Waals surface area contributed by atoms with Crippen LogP contribution in [-0.2, 0) is 0 Å². The number of nitrogens with one attached hydrogen (secondary N) is 1. The highest BCUT2D eigenvalue weighted by Gasteiger charge is 2.06. The van der Waals surface area contributed by atoms with Crippen LogP contribution >= 0.6 is 0 Å². The molecule has 2 rings (SSSR count). The third-order valence-electron chi connectivity index (χ3n) is 3.01. The fraction of sp³-hybridized carbons (Fsp3) is 0.176. The Bertz CT molecular complexity index is 679. The lowest BCUT2D eigenvalue weighted by molar-refractivity contribution is 0.0955. The zero-order valence-electron chi connectivity index (χ0n) is 12.5. The average Bonchev–Trinajstić information content (AvgIpc) is 2.51. The lowest BCUT2D eigenvalue weighted by Crippen LogP contribution is -2.17. The summed E-state index contributed by atoms with van der Waals surface area (Å²) in [6.45, 7) is 4.24. The maximum atomic E-state index is 11.9. The van der Waals surface area contributed by atoms with Crippen LogP contribution in [0.1, 0.15) is 28.4 Å². The van der Waals surface area contributed by atoms with Gasteiger partial charge in [0.15, 0.2) is 11.5 Å². The summed E-state index contributed by atoms with van der Waals surface area (Å²) in [5, 5.41) is 13.9. The van der Waals surface area contributed by atoms with Crippen LogP contribution in [0.2, 0.25) is 0 Å². The molecule has 0 fully saturated rings. The van der Waals surface area contributed by atoms with E-state index in [1.165, 1.54) is 6.21 Å². The molecular weight excluding hydrogens is 280 g/mol. The minimum absolute atomic E-state index is 0.00214. The molecule has 0 spiro atoms. The van der Waals surface area contributed by atoms with Gasteiger partial charge in [-0.25, -0.2) is 5.43 Å². The Hall–Kier alpha value is -2.82. The van der Waals surface area contributed by atoms with Crippen molar-refractivity contribution in [3.63, 3.8) is 0 Å². The normalized spacial score (nSPS) is 10.6. The maximum Gasteiger partial charge on any atom is 0.271 e. The molecule has 2 N–H and O–H groups in total. The number of hydrogen-bond donors (Lipinski definition) is 2. The summed E-state index contributed by atoms with van der Waals surface area (Å²) in [5.74, 6) is 0.0747. The Morgan fingerprint density at radius 3 is 2.68 bits per heavy atom. The second-order valence-corrected chi connectivity index (χ2v) is 4.69. The van der Waals surface area contributed by atoms with Crippen LogP contribution in [0, 0.1) is 6.92 Å². The van der Waals surface area contributed by atoms with Gasteiger partial charge in [-0.2, -0.15) is 5.10 Å². The zero-order chi connectivity index (χ0) is 15.9. The summed E-state index contributed by atoms with van der Waals surface area (Å²) in [6.07, 6.45) is 1.38. The molecule has 0 atom stereocenters. The van der Waals surface area contributed by atoms with Gasteiger partial charge >= 0.3 is 0 Å². The van der Waals surface area contributed by atoms with Crippen molar-refractivity contribution >= 4 is 12.1 Å². The van der Waals surface area contributed by atoms with Crippen molar-refractivity contribution in [2.24, 2.45) is 5.10 Å². The van der Waals surface area contributed by atoms with Crippen molar-refractivity contribution in [1.82, 2.24) is 5.43 Å². The fourth-order valence-corrected chi connectivity index (χ4v) is 1.85. The molecule has 5 heteroatoms. The summed E-state index contributed by atoms with van der Waals surface area (Å²) in [7, 11) is 0. The van der Waals surface area contributed by atoms with Crippen LogP contribution in [0.25, 0.3) is 0 Å². The monoisotopic (exact) mass is 298 g/mol. The molecule has 0 unspecified atom stereocenters. The standard InChI is InChI=1S/C17H18N2O3/c1-3-22-15-6-4-5-14(16(15)20)11-18-19-17(21)13-9-7-12(2)8-10-13/h4-11,20H,3H2,1-2H3,(H,19,21). The van der Waals surface area contributed by atoms with Gasteiger partial charge in [0.2, 0.25) is 0 Å². The van der Waals surface area contributed by atoms with E-state index in [-0.39, 0.29) is 11.7 Å². The lowest BCUT2D eigenvalue weighted by Gasteiger charge is -2.07. The molecule has 114 valence electrons. The van der Waals surface area contributed by atoms with Crippen LogP contribution in [0.15, 0.2) is 47.6 Å². The quantitative estimate of drug-likeness (QED) is 0.658. The van der Waals surface area contributed by atoms with Gasteiger partial charge in [-0.3, -0.25) is 4.79 Å². The summed E-state index contributed by atoms with van der Waals surface area (Å²) in [6, 6.07) is 12.3. The number of rotatable bonds is 5. The molecule has 0 bridgehead atoms. The van der Waals surface area contributed by atoms with Crippen LogP contribution in [0.3, 0.4) is 0 Å². The highest BCUT2D eigenvalue weighted by Crippen LogP contribution is 2.28. The molecule has 2 aromatic carbocycles. The first-order chi connectivity index (χ1) is 10.6. The van der Waals surface area contributed by atoms with Gasteiger partial charge in [0.25, 0.3) is 5.91 Å². The third kappa shape index (κ3) is 3.85. The van der Waals surface area contributed by atoms with Crippen LogP contribution in [0.5, 0.6) is 11.5 Å². The van der Waals surface area contributed by atoms with E-state index in [0.29, 0.717) is 23.5 Å². The SMILES string of the molecule is CCOc1cccc(C=NNC(=O)c2ccc(C)cc2)c1O. The average molecular weight is 298 g/mol. The minimum atomic E-state index is -0.309. The van der Waals surface area contributed by atoms with E-state index >= 15 is 0 Å². The number of phenolic OH excluding ortho intramolecular Hbond substituents is 1. The number of benzene rings is 2. The second-order valence-electron chi connectivity index (χ2n) is 4.69. The Morgan fingerprint density at radius 2 is 2.00 bits per heavy atom. The molecule has 0 aliphatic rings. The van der Waals surface area contributed by atoms with Crippen molar-refractivity contribution in [1.29, 1.82) is 0 Å². The molecule has 5 nitrogen and oxygen atoms in total. The van der Waals surface area contributed by atoms with Crippen molar-refractivity contribution < 1.29 is 14.6 Å². The van der Waals surface area contributed by atoms with Crippen LogP contribution < -0.4 is 10.2 Å². The number of carbonyl (C=O) groups excluding carboxylic acids is 1. The maximum absolute atomic E-state index is 11.9. The second kappa shape index (κ2) is 7.26. The predicted molar refractivity (Wildman–Crippen MR) is 85.5 cm³/mol. The Morgan fingerprint density at radius 1 is 1.27 bits per heavy atom. The molecule has 1 amide bonds. The van der Waals surface area contributed by atoms with E-state index < -0.39 is 0 Å². The predicted octanol–water partition coefficient (Wildman–Crippen LogP) is 2.86. The van der Waals surface area contributed by atoms with Gasteiger partial charge in [0.1, 0.15) is 0 Å². The number of ether oxygens (including phenoxy) is 1. The number of hydrogen-bond acceptors (Lipinski definition) is 4. The van der Waals surface area contributed by atoms with Crippen molar-refractivity contribution in [2.45, 2.75) is 13.8 Å². The first-order valence-electron chi connectivity index (χ1n) is 6.96. The first-order valence-corrected chi connectivity index (χ1v) is 6.96. The summed E-state index contributed by atoms with van der Waals surface area (Å²) in [4.78, 5) is 11.9. The Kier molecular flexibility index (Phi) is 5.14. The van der Waals surface area contributed by atoms with Gasteiger partial charge in [-0.05, 0) is 38.1 Å². The van der Waals surface area contributed by atoms with Crippen molar-refractivity contribution in [3.8, 4) is 11.5 Å². The van der Waals surface area contributed by atoms with E-state index in [4.69, 9.17) is 4.74 Å². The molecule has 0 aromatic heterocycles.